The smallest absolute Gasteiger partial charge is 0.238 e. The van der Waals surface area contributed by atoms with E-state index in [9.17, 15) is 4.79 Å². The molecular formula is C28H31FN4O2. The van der Waals surface area contributed by atoms with E-state index in [-0.39, 0.29) is 18.3 Å². The molecule has 0 radical (unpaired) electrons. The maximum atomic E-state index is 15.2. The molecule has 2 saturated heterocycles. The van der Waals surface area contributed by atoms with Gasteiger partial charge in [-0.15, -0.1) is 0 Å². The Morgan fingerprint density at radius 1 is 1.14 bits per heavy atom. The van der Waals surface area contributed by atoms with Crippen molar-refractivity contribution in [1.82, 2.24) is 14.7 Å². The quantitative estimate of drug-likeness (QED) is 0.566. The first-order chi connectivity index (χ1) is 17.0. The number of piperidine rings is 1. The molecule has 2 aromatic carbocycles. The van der Waals surface area contributed by atoms with Crippen LogP contribution in [0, 0.1) is 5.82 Å². The highest BCUT2D eigenvalue weighted by molar-refractivity contribution is 6.08. The van der Waals surface area contributed by atoms with E-state index >= 15 is 4.39 Å². The van der Waals surface area contributed by atoms with Crippen molar-refractivity contribution in [3.05, 3.63) is 71.8 Å². The highest BCUT2D eigenvalue weighted by atomic mass is 19.1. The summed E-state index contributed by atoms with van der Waals surface area (Å²) in [5.74, 6) is -0.196. The molecule has 3 aliphatic heterocycles. The predicted molar refractivity (Wildman–Crippen MR) is 133 cm³/mol. The number of likely N-dealkylation sites (tertiary alicyclic amines) is 1. The summed E-state index contributed by atoms with van der Waals surface area (Å²) in [6, 6.07) is 13.8. The number of benzene rings is 2. The molecule has 182 valence electrons. The highest BCUT2D eigenvalue weighted by Gasteiger charge is 2.52. The minimum absolute atomic E-state index is 0.106. The Hall–Kier alpha value is -3.03. The van der Waals surface area contributed by atoms with Crippen LogP contribution in [0.5, 0.6) is 0 Å². The van der Waals surface area contributed by atoms with Gasteiger partial charge in [-0.3, -0.25) is 14.4 Å². The molecule has 4 heterocycles. The third-order valence-electron chi connectivity index (χ3n) is 8.09. The van der Waals surface area contributed by atoms with Crippen LogP contribution in [0.2, 0.25) is 0 Å². The van der Waals surface area contributed by atoms with Gasteiger partial charge in [-0.1, -0.05) is 30.3 Å². The Labute approximate surface area is 205 Å². The molecule has 1 atom stereocenters. The van der Waals surface area contributed by atoms with Crippen LogP contribution in [0.1, 0.15) is 36.8 Å². The molecule has 6 nitrogen and oxygen atoms in total. The number of ether oxygens (including phenoxy) is 1. The summed E-state index contributed by atoms with van der Waals surface area (Å²) >= 11 is 0. The molecule has 3 aromatic rings. The Morgan fingerprint density at radius 3 is 2.69 bits per heavy atom. The van der Waals surface area contributed by atoms with Crippen molar-refractivity contribution >= 4 is 11.6 Å². The number of hydrogen-bond donors (Lipinski definition) is 0. The number of carbonyl (C=O) groups excluding carboxylic acids is 1. The highest BCUT2D eigenvalue weighted by Crippen LogP contribution is 2.48. The zero-order valence-corrected chi connectivity index (χ0v) is 20.1. The number of aromatic nitrogens is 2. The SMILES string of the molecule is Cn1cc(-c2ccc(CN3C(=O)C4(CCN(C5CCCOC5)CC4)c4ccccc43)c(F)c2)cn1. The largest absolute Gasteiger partial charge is 0.380 e. The molecule has 0 bridgehead atoms. The van der Waals surface area contributed by atoms with E-state index in [2.05, 4.69) is 16.1 Å². The fourth-order valence-corrected chi connectivity index (χ4v) is 6.12. The van der Waals surface area contributed by atoms with Crippen molar-refractivity contribution in [3.8, 4) is 11.1 Å². The van der Waals surface area contributed by atoms with Crippen LogP contribution >= 0.6 is 0 Å². The third kappa shape index (κ3) is 3.87. The van der Waals surface area contributed by atoms with Crippen LogP contribution in [-0.4, -0.2) is 52.9 Å². The fraction of sp³-hybridized carbons (Fsp3) is 0.429. The van der Waals surface area contributed by atoms with Gasteiger partial charge in [-0.2, -0.15) is 5.10 Å². The number of halogens is 1. The number of rotatable bonds is 4. The first kappa shape index (κ1) is 22.4. The van der Waals surface area contributed by atoms with Crippen molar-refractivity contribution < 1.29 is 13.9 Å². The second-order valence-electron chi connectivity index (χ2n) is 10.1. The number of carbonyl (C=O) groups is 1. The van der Waals surface area contributed by atoms with Gasteiger partial charge in [-0.25, -0.2) is 4.39 Å². The fourth-order valence-electron chi connectivity index (χ4n) is 6.12. The third-order valence-corrected chi connectivity index (χ3v) is 8.09. The number of anilines is 1. The van der Waals surface area contributed by atoms with E-state index in [4.69, 9.17) is 4.74 Å². The monoisotopic (exact) mass is 474 g/mol. The van der Waals surface area contributed by atoms with Crippen LogP contribution < -0.4 is 4.90 Å². The molecule has 7 heteroatoms. The number of hydrogen-bond acceptors (Lipinski definition) is 4. The first-order valence-corrected chi connectivity index (χ1v) is 12.6. The van der Waals surface area contributed by atoms with Crippen LogP contribution in [-0.2, 0) is 28.5 Å². The summed E-state index contributed by atoms with van der Waals surface area (Å²) in [6.45, 7) is 3.65. The zero-order chi connectivity index (χ0) is 24.0. The number of fused-ring (bicyclic) bond motifs is 2. The lowest BCUT2D eigenvalue weighted by molar-refractivity contribution is -0.125. The summed E-state index contributed by atoms with van der Waals surface area (Å²) in [5, 5.41) is 4.18. The molecule has 1 aromatic heterocycles. The summed E-state index contributed by atoms with van der Waals surface area (Å²) < 4.78 is 22.6. The number of aryl methyl sites for hydroxylation is 1. The molecule has 6 rings (SSSR count). The molecule has 3 aliphatic rings. The first-order valence-electron chi connectivity index (χ1n) is 12.6. The van der Waals surface area contributed by atoms with Crippen molar-refractivity contribution in [3.63, 3.8) is 0 Å². The van der Waals surface area contributed by atoms with E-state index in [1.807, 2.05) is 37.5 Å². The number of nitrogens with zero attached hydrogens (tertiary/aromatic N) is 4. The van der Waals surface area contributed by atoms with E-state index in [1.54, 1.807) is 27.9 Å². The van der Waals surface area contributed by atoms with Crippen molar-refractivity contribution in [2.75, 3.05) is 31.2 Å². The summed E-state index contributed by atoms with van der Waals surface area (Å²) in [6.07, 6.45) is 7.44. The normalized spacial score (nSPS) is 22.1. The molecule has 35 heavy (non-hydrogen) atoms. The van der Waals surface area contributed by atoms with Gasteiger partial charge in [-0.05, 0) is 62.0 Å². The Kier molecular flexibility index (Phi) is 5.69. The second kappa shape index (κ2) is 8.88. The zero-order valence-electron chi connectivity index (χ0n) is 20.1. The average Bonchev–Trinajstić information content (AvgIpc) is 3.42. The minimum atomic E-state index is -0.519. The molecule has 1 spiro atoms. The molecule has 0 saturated carbocycles. The van der Waals surface area contributed by atoms with Gasteiger partial charge in [0, 0.05) is 42.7 Å². The Balaban J connectivity index is 1.25. The van der Waals surface area contributed by atoms with Gasteiger partial charge in [0.05, 0.1) is 24.8 Å². The van der Waals surface area contributed by atoms with E-state index < -0.39 is 5.41 Å². The van der Waals surface area contributed by atoms with Crippen molar-refractivity contribution in [2.45, 2.75) is 43.7 Å². The maximum Gasteiger partial charge on any atom is 0.238 e. The lowest BCUT2D eigenvalue weighted by atomic mass is 9.73. The number of para-hydroxylation sites is 1. The topological polar surface area (TPSA) is 50.6 Å². The molecule has 1 amide bonds. The van der Waals surface area contributed by atoms with Gasteiger partial charge in [0.15, 0.2) is 0 Å². The molecule has 1 unspecified atom stereocenters. The predicted octanol–water partition coefficient (Wildman–Crippen LogP) is 4.29. The van der Waals surface area contributed by atoms with Crippen LogP contribution in [0.4, 0.5) is 10.1 Å². The van der Waals surface area contributed by atoms with Crippen molar-refractivity contribution in [1.29, 1.82) is 0 Å². The second-order valence-corrected chi connectivity index (χ2v) is 10.1. The van der Waals surface area contributed by atoms with Crippen molar-refractivity contribution in [2.24, 2.45) is 7.05 Å². The molecular weight excluding hydrogens is 443 g/mol. The standard InChI is InChI=1S/C28H31FN4O2/c1-31-17-22(16-30-31)20-8-9-21(25(29)15-20)18-33-26-7-3-2-6-24(26)28(27(33)34)10-12-32(13-11-28)23-5-4-14-35-19-23/h2-3,6-9,15-17,23H,4-5,10-14,18-19H2,1H3. The van der Waals surface area contributed by atoms with Crippen LogP contribution in [0.15, 0.2) is 54.9 Å². The lowest BCUT2D eigenvalue weighted by Gasteiger charge is -2.43. The van der Waals surface area contributed by atoms with Crippen LogP contribution in [0.25, 0.3) is 11.1 Å². The molecule has 0 N–H and O–H groups in total. The lowest BCUT2D eigenvalue weighted by Crippen LogP contribution is -2.52. The number of amides is 1. The maximum absolute atomic E-state index is 15.2. The van der Waals surface area contributed by atoms with Gasteiger partial charge in [0.2, 0.25) is 5.91 Å². The Bertz CT molecular complexity index is 1240. The Morgan fingerprint density at radius 2 is 1.97 bits per heavy atom. The molecule has 2 fully saturated rings. The van der Waals surface area contributed by atoms with Gasteiger partial charge < -0.3 is 9.64 Å². The summed E-state index contributed by atoms with van der Waals surface area (Å²) in [7, 11) is 1.84. The van der Waals surface area contributed by atoms with E-state index in [0.717, 1.165) is 74.4 Å². The van der Waals surface area contributed by atoms with Crippen LogP contribution in [0.3, 0.4) is 0 Å². The van der Waals surface area contributed by atoms with E-state index in [0.29, 0.717) is 11.6 Å². The summed E-state index contributed by atoms with van der Waals surface area (Å²) in [5.41, 5.74) is 3.67. The van der Waals surface area contributed by atoms with Gasteiger partial charge in [0.1, 0.15) is 5.82 Å². The summed E-state index contributed by atoms with van der Waals surface area (Å²) in [4.78, 5) is 18.3. The minimum Gasteiger partial charge on any atom is -0.380 e. The average molecular weight is 475 g/mol. The van der Waals surface area contributed by atoms with E-state index in [1.165, 1.54) is 0 Å². The van der Waals surface area contributed by atoms with Gasteiger partial charge in [0.25, 0.3) is 0 Å². The molecule has 0 aliphatic carbocycles. The van der Waals surface area contributed by atoms with Gasteiger partial charge >= 0.3 is 0 Å².